The smallest absolute Gasteiger partial charge is 0.238 e. The third-order valence-electron chi connectivity index (χ3n) is 5.05. The first-order valence-corrected chi connectivity index (χ1v) is 11.3. The third kappa shape index (κ3) is 6.51. The van der Waals surface area contributed by atoms with Gasteiger partial charge < -0.3 is 15.0 Å². The van der Waals surface area contributed by atoms with Gasteiger partial charge in [-0.15, -0.1) is 0 Å². The first kappa shape index (κ1) is 22.7. The minimum atomic E-state index is -3.77. The van der Waals surface area contributed by atoms with Crippen molar-refractivity contribution in [3.8, 4) is 5.75 Å². The molecule has 2 amide bonds. The first-order valence-electron chi connectivity index (χ1n) is 9.80. The molecule has 2 aromatic carbocycles. The molecule has 1 fully saturated rings. The number of sulfonamides is 1. The fourth-order valence-electron chi connectivity index (χ4n) is 3.36. The van der Waals surface area contributed by atoms with E-state index in [2.05, 4.69) is 5.32 Å². The zero-order chi connectivity index (χ0) is 22.4. The number of rotatable bonds is 7. The molecule has 2 aromatic rings. The predicted molar refractivity (Wildman–Crippen MR) is 116 cm³/mol. The zero-order valence-electron chi connectivity index (χ0n) is 17.3. The van der Waals surface area contributed by atoms with E-state index in [4.69, 9.17) is 9.88 Å². The Hall–Kier alpha value is -2.95. The lowest BCUT2D eigenvalue weighted by Crippen LogP contribution is -2.50. The number of methoxy groups -OCH3 is 1. The fourth-order valence-corrected chi connectivity index (χ4v) is 3.87. The maximum atomic E-state index is 12.6. The van der Waals surface area contributed by atoms with Crippen LogP contribution in [-0.2, 0) is 26.0 Å². The molecule has 0 spiro atoms. The van der Waals surface area contributed by atoms with E-state index in [9.17, 15) is 18.0 Å². The minimum Gasteiger partial charge on any atom is -0.497 e. The molecule has 1 heterocycles. The third-order valence-corrected chi connectivity index (χ3v) is 5.98. The van der Waals surface area contributed by atoms with Crippen molar-refractivity contribution >= 4 is 27.5 Å². The molecule has 0 aliphatic carbocycles. The number of hydrogen-bond donors (Lipinski definition) is 2. The van der Waals surface area contributed by atoms with E-state index in [-0.39, 0.29) is 23.3 Å². The van der Waals surface area contributed by atoms with Crippen LogP contribution >= 0.6 is 0 Å². The van der Waals surface area contributed by atoms with Gasteiger partial charge >= 0.3 is 0 Å². The molecule has 3 rings (SSSR count). The van der Waals surface area contributed by atoms with Gasteiger partial charge in [0.25, 0.3) is 0 Å². The van der Waals surface area contributed by atoms with Gasteiger partial charge in [-0.1, -0.05) is 12.1 Å². The van der Waals surface area contributed by atoms with Crippen molar-refractivity contribution in [2.45, 2.75) is 11.3 Å². The summed E-state index contributed by atoms with van der Waals surface area (Å²) >= 11 is 0. The van der Waals surface area contributed by atoms with Crippen molar-refractivity contribution in [1.82, 2.24) is 9.80 Å². The molecule has 1 aliphatic heterocycles. The average molecular weight is 447 g/mol. The maximum Gasteiger partial charge on any atom is 0.238 e. The van der Waals surface area contributed by atoms with Gasteiger partial charge in [-0.05, 0) is 42.0 Å². The lowest BCUT2D eigenvalue weighted by Gasteiger charge is -2.34. The predicted octanol–water partition coefficient (Wildman–Crippen LogP) is 0.668. The number of nitrogens with zero attached hydrogens (tertiary/aromatic N) is 2. The standard InChI is InChI=1S/C21H26N4O5S/c1-30-18-4-2-3-16(13-18)14-21(27)25-11-9-24(10-12-25)15-20(26)23-17-5-7-19(8-6-17)31(22,28)29/h2-8,13H,9-12,14-15H2,1H3,(H,23,26)(H2,22,28,29). The Labute approximate surface area is 181 Å². The summed E-state index contributed by atoms with van der Waals surface area (Å²) in [5.74, 6) is 0.562. The molecule has 3 N–H and O–H groups in total. The molecule has 166 valence electrons. The number of carbonyl (C=O) groups excluding carboxylic acids is 2. The van der Waals surface area contributed by atoms with Gasteiger partial charge in [-0.3, -0.25) is 14.5 Å². The summed E-state index contributed by atoms with van der Waals surface area (Å²) in [4.78, 5) is 28.6. The number of nitrogens with one attached hydrogen (secondary N) is 1. The number of hydrogen-bond acceptors (Lipinski definition) is 6. The van der Waals surface area contributed by atoms with Crippen molar-refractivity contribution in [2.75, 3.05) is 45.2 Å². The van der Waals surface area contributed by atoms with E-state index >= 15 is 0 Å². The maximum absolute atomic E-state index is 12.6. The normalized spacial score (nSPS) is 14.8. The van der Waals surface area contributed by atoms with E-state index in [1.807, 2.05) is 29.2 Å². The fraction of sp³-hybridized carbons (Fsp3) is 0.333. The summed E-state index contributed by atoms with van der Waals surface area (Å²) < 4.78 is 27.8. The number of ether oxygens (including phenoxy) is 1. The summed E-state index contributed by atoms with van der Waals surface area (Å²) in [6.45, 7) is 2.50. The number of amides is 2. The molecule has 1 saturated heterocycles. The van der Waals surface area contributed by atoms with E-state index in [1.54, 1.807) is 12.0 Å². The second-order valence-corrected chi connectivity index (χ2v) is 8.86. The van der Waals surface area contributed by atoms with Crippen molar-refractivity contribution in [1.29, 1.82) is 0 Å². The SMILES string of the molecule is COc1cccc(CC(=O)N2CCN(CC(=O)Nc3ccc(S(N)(=O)=O)cc3)CC2)c1. The molecule has 0 aromatic heterocycles. The molecule has 0 unspecified atom stereocenters. The van der Waals surface area contributed by atoms with E-state index in [0.29, 0.717) is 38.3 Å². The van der Waals surface area contributed by atoms with Gasteiger partial charge in [-0.2, -0.15) is 0 Å². The summed E-state index contributed by atoms with van der Waals surface area (Å²) in [5, 5.41) is 7.80. The minimum absolute atomic E-state index is 0.0137. The number of anilines is 1. The summed E-state index contributed by atoms with van der Waals surface area (Å²) in [6, 6.07) is 13.1. The second kappa shape index (κ2) is 9.90. The van der Waals surface area contributed by atoms with Crippen LogP contribution in [0.3, 0.4) is 0 Å². The number of benzene rings is 2. The molecule has 31 heavy (non-hydrogen) atoms. The van der Waals surface area contributed by atoms with Gasteiger partial charge in [0.05, 0.1) is 25.0 Å². The van der Waals surface area contributed by atoms with Crippen molar-refractivity contribution in [3.05, 3.63) is 54.1 Å². The highest BCUT2D eigenvalue weighted by Crippen LogP contribution is 2.15. The second-order valence-electron chi connectivity index (χ2n) is 7.30. The molecule has 0 atom stereocenters. The average Bonchev–Trinajstić information content (AvgIpc) is 2.74. The number of nitrogens with two attached hydrogens (primary N) is 1. The number of carbonyl (C=O) groups is 2. The van der Waals surface area contributed by atoms with Crippen molar-refractivity contribution in [3.63, 3.8) is 0 Å². The highest BCUT2D eigenvalue weighted by atomic mass is 32.2. The number of primary sulfonamides is 1. The lowest BCUT2D eigenvalue weighted by molar-refractivity contribution is -0.132. The van der Waals surface area contributed by atoms with Crippen LogP contribution < -0.4 is 15.2 Å². The zero-order valence-corrected chi connectivity index (χ0v) is 18.1. The van der Waals surface area contributed by atoms with Crippen LogP contribution in [0.25, 0.3) is 0 Å². The molecule has 10 heteroatoms. The molecular weight excluding hydrogens is 420 g/mol. The molecule has 0 bridgehead atoms. The van der Waals surface area contributed by atoms with Crippen LogP contribution in [0, 0.1) is 0 Å². The Balaban J connectivity index is 1.45. The van der Waals surface area contributed by atoms with Crippen LogP contribution in [0.2, 0.25) is 0 Å². The van der Waals surface area contributed by atoms with Crippen LogP contribution in [0.15, 0.2) is 53.4 Å². The monoisotopic (exact) mass is 446 g/mol. The van der Waals surface area contributed by atoms with Crippen LogP contribution in [0.1, 0.15) is 5.56 Å². The summed E-state index contributed by atoms with van der Waals surface area (Å²) in [5.41, 5.74) is 1.39. The van der Waals surface area contributed by atoms with E-state index < -0.39 is 10.0 Å². The Kier molecular flexibility index (Phi) is 7.26. The summed E-state index contributed by atoms with van der Waals surface area (Å²) in [7, 11) is -2.17. The Morgan fingerprint density at radius 2 is 1.74 bits per heavy atom. The molecule has 1 aliphatic rings. The Morgan fingerprint density at radius 3 is 2.35 bits per heavy atom. The van der Waals surface area contributed by atoms with Gasteiger partial charge in [-0.25, -0.2) is 13.6 Å². The van der Waals surface area contributed by atoms with Crippen LogP contribution in [0.4, 0.5) is 5.69 Å². The van der Waals surface area contributed by atoms with Gasteiger partial charge in [0.2, 0.25) is 21.8 Å². The van der Waals surface area contributed by atoms with Gasteiger partial charge in [0, 0.05) is 31.9 Å². The van der Waals surface area contributed by atoms with Crippen molar-refractivity contribution < 1.29 is 22.7 Å². The highest BCUT2D eigenvalue weighted by Gasteiger charge is 2.22. The van der Waals surface area contributed by atoms with Gasteiger partial charge in [0.15, 0.2) is 0 Å². The quantitative estimate of drug-likeness (QED) is 0.645. The van der Waals surface area contributed by atoms with E-state index in [1.165, 1.54) is 24.3 Å². The summed E-state index contributed by atoms with van der Waals surface area (Å²) in [6.07, 6.45) is 0.312. The van der Waals surface area contributed by atoms with Crippen LogP contribution in [-0.4, -0.2) is 69.9 Å². The first-order chi connectivity index (χ1) is 14.7. The topological polar surface area (TPSA) is 122 Å². The molecule has 9 nitrogen and oxygen atoms in total. The van der Waals surface area contributed by atoms with E-state index in [0.717, 1.165) is 11.3 Å². The largest absolute Gasteiger partial charge is 0.497 e. The number of piperazine rings is 1. The molecule has 0 saturated carbocycles. The lowest BCUT2D eigenvalue weighted by atomic mass is 10.1. The molecular formula is C21H26N4O5S. The molecule has 0 radical (unpaired) electrons. The highest BCUT2D eigenvalue weighted by molar-refractivity contribution is 7.89. The van der Waals surface area contributed by atoms with Gasteiger partial charge in [0.1, 0.15) is 5.75 Å². The van der Waals surface area contributed by atoms with Crippen LogP contribution in [0.5, 0.6) is 5.75 Å². The Morgan fingerprint density at radius 1 is 1.06 bits per heavy atom. The Bertz CT molecular complexity index is 1030. The van der Waals surface area contributed by atoms with Crippen molar-refractivity contribution in [2.24, 2.45) is 5.14 Å².